The molecule has 0 N–H and O–H groups in total. The van der Waals surface area contributed by atoms with Crippen molar-refractivity contribution in [2.24, 2.45) is 0 Å². The van der Waals surface area contributed by atoms with E-state index in [0.717, 1.165) is 45.6 Å². The highest BCUT2D eigenvalue weighted by Gasteiger charge is 2.38. The first-order chi connectivity index (χ1) is 10.8. The summed E-state index contributed by atoms with van der Waals surface area (Å²) >= 11 is 0. The maximum absolute atomic E-state index is 9.81. The Bertz CT molecular complexity index is 489. The number of piperazine rings is 1. The maximum atomic E-state index is 9.81. The molecular formula is C19H27N3. The number of nitrogens with zero attached hydrogens (tertiary/aromatic N) is 3. The Balaban J connectivity index is 1.57. The molecular weight excluding hydrogens is 270 g/mol. The fraction of sp³-hybridized carbons (Fsp3) is 0.632. The zero-order valence-electron chi connectivity index (χ0n) is 13.5. The summed E-state index contributed by atoms with van der Waals surface area (Å²) < 4.78 is 0. The lowest BCUT2D eigenvalue weighted by molar-refractivity contribution is 0.0508. The Kier molecular flexibility index (Phi) is 5.12. The summed E-state index contributed by atoms with van der Waals surface area (Å²) in [5.41, 5.74) is 1.22. The van der Waals surface area contributed by atoms with Crippen LogP contribution in [0.15, 0.2) is 30.3 Å². The molecule has 1 aliphatic carbocycles. The van der Waals surface area contributed by atoms with Crippen molar-refractivity contribution in [3.8, 4) is 6.07 Å². The highest BCUT2D eigenvalue weighted by molar-refractivity contribution is 5.15. The average molecular weight is 297 g/mol. The number of rotatable bonds is 3. The van der Waals surface area contributed by atoms with Crippen molar-refractivity contribution in [3.63, 3.8) is 0 Å². The summed E-state index contributed by atoms with van der Waals surface area (Å²) in [6.45, 7) is 5.28. The topological polar surface area (TPSA) is 30.3 Å². The van der Waals surface area contributed by atoms with E-state index < -0.39 is 0 Å². The van der Waals surface area contributed by atoms with Gasteiger partial charge in [0.05, 0.1) is 6.07 Å². The molecule has 1 aliphatic heterocycles. The standard InChI is InChI=1S/C19H27N3/c20-17-19(10-6-1-2-7-11-19)22-14-12-21(13-15-22)16-18-8-4-3-5-9-18/h3-5,8-9H,1-2,6-7,10-16H2. The minimum absolute atomic E-state index is 0.171. The molecule has 3 heteroatoms. The lowest BCUT2D eigenvalue weighted by atomic mass is 9.89. The third kappa shape index (κ3) is 3.51. The number of nitriles is 1. The Morgan fingerprint density at radius 2 is 1.55 bits per heavy atom. The zero-order chi connectivity index (χ0) is 15.3. The third-order valence-corrected chi connectivity index (χ3v) is 5.37. The van der Waals surface area contributed by atoms with E-state index in [-0.39, 0.29) is 5.54 Å². The van der Waals surface area contributed by atoms with E-state index >= 15 is 0 Å². The number of hydrogen-bond acceptors (Lipinski definition) is 3. The molecule has 0 amide bonds. The minimum Gasteiger partial charge on any atom is -0.297 e. The molecule has 22 heavy (non-hydrogen) atoms. The molecule has 0 aromatic heterocycles. The SMILES string of the molecule is N#CC1(N2CCN(Cc3ccccc3)CC2)CCCCCC1. The second-order valence-corrected chi connectivity index (χ2v) is 6.81. The van der Waals surface area contributed by atoms with Crippen LogP contribution in [0, 0.1) is 11.3 Å². The fourth-order valence-corrected chi connectivity index (χ4v) is 3.99. The molecule has 1 aromatic carbocycles. The zero-order valence-corrected chi connectivity index (χ0v) is 13.5. The van der Waals surface area contributed by atoms with E-state index in [9.17, 15) is 5.26 Å². The summed E-state index contributed by atoms with van der Waals surface area (Å²) in [6.07, 6.45) is 7.19. The summed E-state index contributed by atoms with van der Waals surface area (Å²) in [7, 11) is 0. The van der Waals surface area contributed by atoms with Crippen LogP contribution in [0.1, 0.15) is 44.1 Å². The van der Waals surface area contributed by atoms with Gasteiger partial charge in [0, 0.05) is 32.7 Å². The Morgan fingerprint density at radius 1 is 0.909 bits per heavy atom. The van der Waals surface area contributed by atoms with Crippen molar-refractivity contribution >= 4 is 0 Å². The van der Waals surface area contributed by atoms with Gasteiger partial charge < -0.3 is 0 Å². The van der Waals surface area contributed by atoms with E-state index in [2.05, 4.69) is 46.2 Å². The lowest BCUT2D eigenvalue weighted by Crippen LogP contribution is -2.56. The van der Waals surface area contributed by atoms with Crippen LogP contribution in [-0.2, 0) is 6.54 Å². The molecule has 0 bridgehead atoms. The molecule has 0 unspecified atom stereocenters. The van der Waals surface area contributed by atoms with Crippen LogP contribution in [0.25, 0.3) is 0 Å². The fourth-order valence-electron chi connectivity index (χ4n) is 3.99. The minimum atomic E-state index is -0.171. The molecule has 0 spiro atoms. The maximum Gasteiger partial charge on any atom is 0.109 e. The second-order valence-electron chi connectivity index (χ2n) is 6.81. The van der Waals surface area contributed by atoms with Crippen LogP contribution < -0.4 is 0 Å². The van der Waals surface area contributed by atoms with Gasteiger partial charge in [-0.1, -0.05) is 56.0 Å². The van der Waals surface area contributed by atoms with Gasteiger partial charge in [-0.25, -0.2) is 0 Å². The highest BCUT2D eigenvalue weighted by Crippen LogP contribution is 2.32. The number of benzene rings is 1. The summed E-state index contributed by atoms with van der Waals surface area (Å²) in [6, 6.07) is 13.4. The molecule has 2 aliphatic rings. The first kappa shape index (κ1) is 15.5. The van der Waals surface area contributed by atoms with Gasteiger partial charge in [0.25, 0.3) is 0 Å². The number of hydrogen-bond donors (Lipinski definition) is 0. The van der Waals surface area contributed by atoms with Gasteiger partial charge in [-0.2, -0.15) is 5.26 Å². The van der Waals surface area contributed by atoms with Crippen molar-refractivity contribution in [1.82, 2.24) is 9.80 Å². The van der Waals surface area contributed by atoms with Gasteiger partial charge in [0.15, 0.2) is 0 Å². The quantitative estimate of drug-likeness (QED) is 0.801. The van der Waals surface area contributed by atoms with E-state index in [1.807, 2.05) is 0 Å². The Hall–Kier alpha value is -1.37. The first-order valence-corrected chi connectivity index (χ1v) is 8.75. The third-order valence-electron chi connectivity index (χ3n) is 5.37. The van der Waals surface area contributed by atoms with E-state index in [1.165, 1.54) is 31.2 Å². The van der Waals surface area contributed by atoms with Crippen molar-refractivity contribution in [2.45, 2.75) is 50.6 Å². The molecule has 118 valence electrons. The Labute approximate surface area is 134 Å². The Morgan fingerprint density at radius 3 is 2.14 bits per heavy atom. The molecule has 1 saturated carbocycles. The van der Waals surface area contributed by atoms with Crippen LogP contribution in [0.3, 0.4) is 0 Å². The molecule has 1 heterocycles. The van der Waals surface area contributed by atoms with Gasteiger partial charge >= 0.3 is 0 Å². The van der Waals surface area contributed by atoms with Gasteiger partial charge in [-0.05, 0) is 18.4 Å². The van der Waals surface area contributed by atoms with Crippen LogP contribution in [-0.4, -0.2) is 41.5 Å². The van der Waals surface area contributed by atoms with E-state index in [1.54, 1.807) is 0 Å². The van der Waals surface area contributed by atoms with E-state index in [0.29, 0.717) is 0 Å². The second kappa shape index (κ2) is 7.26. The molecule has 3 nitrogen and oxygen atoms in total. The van der Waals surface area contributed by atoms with Crippen LogP contribution in [0.2, 0.25) is 0 Å². The smallest absolute Gasteiger partial charge is 0.109 e. The van der Waals surface area contributed by atoms with E-state index in [4.69, 9.17) is 0 Å². The van der Waals surface area contributed by atoms with Crippen molar-refractivity contribution in [1.29, 1.82) is 5.26 Å². The molecule has 0 radical (unpaired) electrons. The summed E-state index contributed by atoms with van der Waals surface area (Å²) in [4.78, 5) is 5.01. The molecule has 3 rings (SSSR count). The van der Waals surface area contributed by atoms with Crippen molar-refractivity contribution in [3.05, 3.63) is 35.9 Å². The van der Waals surface area contributed by atoms with Crippen LogP contribution in [0.5, 0.6) is 0 Å². The van der Waals surface area contributed by atoms with Gasteiger partial charge in [0.1, 0.15) is 5.54 Å². The first-order valence-electron chi connectivity index (χ1n) is 8.75. The van der Waals surface area contributed by atoms with Gasteiger partial charge in [0.2, 0.25) is 0 Å². The molecule has 0 atom stereocenters. The largest absolute Gasteiger partial charge is 0.297 e. The normalized spacial score (nSPS) is 23.6. The van der Waals surface area contributed by atoms with Gasteiger partial charge in [-0.3, -0.25) is 9.80 Å². The van der Waals surface area contributed by atoms with Gasteiger partial charge in [-0.15, -0.1) is 0 Å². The summed E-state index contributed by atoms with van der Waals surface area (Å²) in [5.74, 6) is 0. The van der Waals surface area contributed by atoms with Crippen molar-refractivity contribution < 1.29 is 0 Å². The van der Waals surface area contributed by atoms with Crippen molar-refractivity contribution in [2.75, 3.05) is 26.2 Å². The summed E-state index contributed by atoms with van der Waals surface area (Å²) in [5, 5.41) is 9.81. The molecule has 2 fully saturated rings. The van der Waals surface area contributed by atoms with Crippen LogP contribution in [0.4, 0.5) is 0 Å². The van der Waals surface area contributed by atoms with Crippen LogP contribution >= 0.6 is 0 Å². The monoisotopic (exact) mass is 297 g/mol. The molecule has 1 saturated heterocycles. The highest BCUT2D eigenvalue weighted by atomic mass is 15.3. The predicted molar refractivity (Wildman–Crippen MR) is 89.3 cm³/mol. The predicted octanol–water partition coefficient (Wildman–Crippen LogP) is 3.42. The lowest BCUT2D eigenvalue weighted by Gasteiger charge is -2.43. The average Bonchev–Trinajstić information content (AvgIpc) is 2.83. The molecule has 1 aromatic rings.